The lowest BCUT2D eigenvalue weighted by Gasteiger charge is -2.24. The van der Waals surface area contributed by atoms with Gasteiger partial charge >= 0.3 is 0 Å². The highest BCUT2D eigenvalue weighted by molar-refractivity contribution is 7.99. The van der Waals surface area contributed by atoms with Gasteiger partial charge in [0.25, 0.3) is 0 Å². The average molecular weight is 247 g/mol. The molecule has 90 valence electrons. The van der Waals surface area contributed by atoms with E-state index < -0.39 is 0 Å². The van der Waals surface area contributed by atoms with Crippen LogP contribution in [0.4, 0.5) is 0 Å². The predicted molar refractivity (Wildman–Crippen MR) is 70.0 cm³/mol. The van der Waals surface area contributed by atoms with E-state index >= 15 is 0 Å². The third-order valence-corrected chi connectivity index (χ3v) is 4.09. The van der Waals surface area contributed by atoms with E-state index in [1.165, 1.54) is 11.3 Å². The van der Waals surface area contributed by atoms with E-state index in [4.69, 9.17) is 5.26 Å². The van der Waals surface area contributed by atoms with Crippen LogP contribution in [0, 0.1) is 11.3 Å². The molecule has 4 heteroatoms. The molecule has 0 N–H and O–H groups in total. The molecular weight excluding hydrogens is 230 g/mol. The molecule has 0 radical (unpaired) electrons. The SMILES string of the molecule is CCCSc1nc2c(cc1C#N)CN(C)CC2. The molecule has 0 amide bonds. The van der Waals surface area contributed by atoms with Crippen molar-refractivity contribution in [1.29, 1.82) is 5.26 Å². The van der Waals surface area contributed by atoms with E-state index in [0.717, 1.165) is 42.3 Å². The first-order valence-corrected chi connectivity index (χ1v) is 6.97. The van der Waals surface area contributed by atoms with Crippen LogP contribution < -0.4 is 0 Å². The number of fused-ring (bicyclic) bond motifs is 1. The standard InChI is InChI=1S/C13H17N3S/c1-3-6-17-13-10(8-14)7-11-9-16(2)5-4-12(11)15-13/h7H,3-6,9H2,1-2H3. The number of hydrogen-bond acceptors (Lipinski definition) is 4. The number of aromatic nitrogens is 1. The Labute approximate surface area is 107 Å². The highest BCUT2D eigenvalue weighted by Gasteiger charge is 2.17. The summed E-state index contributed by atoms with van der Waals surface area (Å²) in [6.07, 6.45) is 2.11. The van der Waals surface area contributed by atoms with Gasteiger partial charge in [0, 0.05) is 25.2 Å². The Morgan fingerprint density at radius 1 is 1.59 bits per heavy atom. The lowest BCUT2D eigenvalue weighted by atomic mass is 10.0. The van der Waals surface area contributed by atoms with Crippen molar-refractivity contribution < 1.29 is 0 Å². The summed E-state index contributed by atoms with van der Waals surface area (Å²) in [7, 11) is 2.11. The van der Waals surface area contributed by atoms with Gasteiger partial charge in [-0.2, -0.15) is 5.26 Å². The highest BCUT2D eigenvalue weighted by Crippen LogP contribution is 2.26. The second-order valence-electron chi connectivity index (χ2n) is 4.39. The molecule has 2 heterocycles. The fraction of sp³-hybridized carbons (Fsp3) is 0.538. The average Bonchev–Trinajstić information content (AvgIpc) is 2.35. The van der Waals surface area contributed by atoms with Gasteiger partial charge in [-0.05, 0) is 30.9 Å². The first kappa shape index (κ1) is 12.4. The van der Waals surface area contributed by atoms with E-state index in [2.05, 4.69) is 29.9 Å². The summed E-state index contributed by atoms with van der Waals surface area (Å²) in [4.78, 5) is 6.94. The molecule has 1 aromatic heterocycles. The number of pyridine rings is 1. The summed E-state index contributed by atoms with van der Waals surface area (Å²) in [6, 6.07) is 4.29. The van der Waals surface area contributed by atoms with Crippen molar-refractivity contribution in [2.45, 2.75) is 31.3 Å². The maximum absolute atomic E-state index is 9.17. The molecular formula is C13H17N3S. The molecule has 0 unspecified atom stereocenters. The maximum Gasteiger partial charge on any atom is 0.114 e. The zero-order chi connectivity index (χ0) is 12.3. The second-order valence-corrected chi connectivity index (χ2v) is 5.48. The van der Waals surface area contributed by atoms with E-state index in [1.54, 1.807) is 11.8 Å². The second kappa shape index (κ2) is 5.52. The highest BCUT2D eigenvalue weighted by atomic mass is 32.2. The summed E-state index contributed by atoms with van der Waals surface area (Å²) >= 11 is 1.70. The molecule has 1 aromatic rings. The smallest absolute Gasteiger partial charge is 0.114 e. The van der Waals surface area contributed by atoms with Crippen LogP contribution in [-0.2, 0) is 13.0 Å². The van der Waals surface area contributed by atoms with Gasteiger partial charge in [-0.15, -0.1) is 11.8 Å². The summed E-state index contributed by atoms with van der Waals surface area (Å²) < 4.78 is 0. The zero-order valence-electron chi connectivity index (χ0n) is 10.4. The van der Waals surface area contributed by atoms with E-state index in [-0.39, 0.29) is 0 Å². The summed E-state index contributed by atoms with van der Waals surface area (Å²) in [5.74, 6) is 1.03. The van der Waals surface area contributed by atoms with Gasteiger partial charge in [-0.3, -0.25) is 0 Å². The Kier molecular flexibility index (Phi) is 4.03. The molecule has 0 fully saturated rings. The fourth-order valence-electron chi connectivity index (χ4n) is 1.98. The lowest BCUT2D eigenvalue weighted by Crippen LogP contribution is -2.27. The molecule has 0 saturated heterocycles. The molecule has 0 spiro atoms. The first-order valence-electron chi connectivity index (χ1n) is 5.98. The number of nitrogens with zero attached hydrogens (tertiary/aromatic N) is 3. The molecule has 0 atom stereocenters. The number of rotatable bonds is 3. The molecule has 0 aliphatic carbocycles. The predicted octanol–water partition coefficient (Wildman–Crippen LogP) is 2.44. The summed E-state index contributed by atoms with van der Waals surface area (Å²) in [5.41, 5.74) is 3.13. The Balaban J connectivity index is 2.32. The fourth-order valence-corrected chi connectivity index (χ4v) is 2.81. The van der Waals surface area contributed by atoms with Crippen molar-refractivity contribution in [2.75, 3.05) is 19.3 Å². The molecule has 0 aromatic carbocycles. The van der Waals surface area contributed by atoms with Gasteiger partial charge < -0.3 is 4.90 Å². The molecule has 3 nitrogen and oxygen atoms in total. The monoisotopic (exact) mass is 247 g/mol. The van der Waals surface area contributed by atoms with E-state index in [0.29, 0.717) is 0 Å². The van der Waals surface area contributed by atoms with Crippen LogP contribution in [0.2, 0.25) is 0 Å². The van der Waals surface area contributed by atoms with Gasteiger partial charge in [0.15, 0.2) is 0 Å². The molecule has 1 aliphatic rings. The van der Waals surface area contributed by atoms with Gasteiger partial charge in [-0.25, -0.2) is 4.98 Å². The van der Waals surface area contributed by atoms with Crippen LogP contribution in [-0.4, -0.2) is 29.2 Å². The molecule has 0 saturated carbocycles. The topological polar surface area (TPSA) is 39.9 Å². The third kappa shape index (κ3) is 2.80. The van der Waals surface area contributed by atoms with Crippen LogP contribution in [0.15, 0.2) is 11.1 Å². The number of nitriles is 1. The molecule has 1 aliphatic heterocycles. The number of thioether (sulfide) groups is 1. The summed E-state index contributed by atoms with van der Waals surface area (Å²) in [6.45, 7) is 4.12. The molecule has 17 heavy (non-hydrogen) atoms. The largest absolute Gasteiger partial charge is 0.302 e. The molecule has 0 bridgehead atoms. The summed E-state index contributed by atoms with van der Waals surface area (Å²) in [5, 5.41) is 10.1. The zero-order valence-corrected chi connectivity index (χ0v) is 11.2. The number of hydrogen-bond donors (Lipinski definition) is 0. The normalized spacial score (nSPS) is 15.4. The van der Waals surface area contributed by atoms with Crippen LogP contribution >= 0.6 is 11.8 Å². The van der Waals surface area contributed by atoms with E-state index in [9.17, 15) is 0 Å². The van der Waals surface area contributed by atoms with Gasteiger partial charge in [0.05, 0.1) is 5.56 Å². The van der Waals surface area contributed by atoms with Crippen LogP contribution in [0.3, 0.4) is 0 Å². The van der Waals surface area contributed by atoms with Crippen LogP contribution in [0.1, 0.15) is 30.2 Å². The Hall–Kier alpha value is -1.05. The van der Waals surface area contributed by atoms with Crippen LogP contribution in [0.5, 0.6) is 0 Å². The minimum absolute atomic E-state index is 0.734. The number of likely N-dealkylation sites (N-methyl/N-ethyl adjacent to an activating group) is 1. The van der Waals surface area contributed by atoms with E-state index in [1.807, 2.05) is 6.07 Å². The third-order valence-electron chi connectivity index (χ3n) is 2.89. The quantitative estimate of drug-likeness (QED) is 0.769. The molecule has 2 rings (SSSR count). The van der Waals surface area contributed by atoms with Crippen molar-refractivity contribution in [3.8, 4) is 6.07 Å². The Morgan fingerprint density at radius 3 is 3.12 bits per heavy atom. The van der Waals surface area contributed by atoms with Crippen molar-refractivity contribution in [1.82, 2.24) is 9.88 Å². The first-order chi connectivity index (χ1) is 8.24. The van der Waals surface area contributed by atoms with Crippen molar-refractivity contribution in [3.05, 3.63) is 22.9 Å². The van der Waals surface area contributed by atoms with Crippen molar-refractivity contribution >= 4 is 11.8 Å². The van der Waals surface area contributed by atoms with Crippen molar-refractivity contribution in [3.63, 3.8) is 0 Å². The Morgan fingerprint density at radius 2 is 2.41 bits per heavy atom. The van der Waals surface area contributed by atoms with Crippen LogP contribution in [0.25, 0.3) is 0 Å². The minimum atomic E-state index is 0.734. The van der Waals surface area contributed by atoms with Crippen molar-refractivity contribution in [2.24, 2.45) is 0 Å². The maximum atomic E-state index is 9.17. The lowest BCUT2D eigenvalue weighted by molar-refractivity contribution is 0.309. The minimum Gasteiger partial charge on any atom is -0.302 e. The van der Waals surface area contributed by atoms with Gasteiger partial charge in [-0.1, -0.05) is 6.92 Å². The van der Waals surface area contributed by atoms with Gasteiger partial charge in [0.2, 0.25) is 0 Å². The van der Waals surface area contributed by atoms with Gasteiger partial charge in [0.1, 0.15) is 11.1 Å². The Bertz CT molecular complexity index is 451.